The summed E-state index contributed by atoms with van der Waals surface area (Å²) in [5.41, 5.74) is -0.330. The van der Waals surface area contributed by atoms with Gasteiger partial charge < -0.3 is 15.2 Å². The van der Waals surface area contributed by atoms with Gasteiger partial charge in [0.05, 0.1) is 12.0 Å². The number of anilines is 1. The predicted octanol–water partition coefficient (Wildman–Crippen LogP) is 1.06. The molecule has 1 rings (SSSR count). The molecule has 0 aliphatic rings. The molecule has 0 radical (unpaired) electrons. The number of carboxylic acids is 1. The van der Waals surface area contributed by atoms with Gasteiger partial charge in [0.1, 0.15) is 6.33 Å². The Balaban J connectivity index is 2.62. The van der Waals surface area contributed by atoms with Gasteiger partial charge in [-0.05, 0) is 12.8 Å². The number of aromatic nitrogens is 2. The molecule has 0 saturated carbocycles. The first kappa shape index (κ1) is 14.6. The van der Waals surface area contributed by atoms with E-state index in [1.54, 1.807) is 0 Å². The number of rotatable bonds is 8. The Morgan fingerprint density at radius 3 is 2.84 bits per heavy atom. The van der Waals surface area contributed by atoms with E-state index >= 15 is 0 Å². The van der Waals surface area contributed by atoms with Gasteiger partial charge >= 0.3 is 11.7 Å². The highest BCUT2D eigenvalue weighted by atomic mass is 16.6. The second-order valence-corrected chi connectivity index (χ2v) is 3.61. The van der Waals surface area contributed by atoms with Crippen LogP contribution >= 0.6 is 0 Å². The average molecular weight is 270 g/mol. The molecule has 0 saturated heterocycles. The second kappa shape index (κ2) is 7.09. The van der Waals surface area contributed by atoms with E-state index < -0.39 is 10.9 Å². The van der Waals surface area contributed by atoms with Crippen molar-refractivity contribution in [2.75, 3.05) is 19.0 Å². The number of carboxylic acid groups (broad SMARTS) is 1. The van der Waals surface area contributed by atoms with Crippen molar-refractivity contribution in [2.45, 2.75) is 19.3 Å². The van der Waals surface area contributed by atoms with Gasteiger partial charge in [-0.2, -0.15) is 4.98 Å². The Kier molecular flexibility index (Phi) is 5.45. The minimum absolute atomic E-state index is 0.0622. The van der Waals surface area contributed by atoms with Crippen molar-refractivity contribution in [3.63, 3.8) is 0 Å². The van der Waals surface area contributed by atoms with Crippen molar-refractivity contribution >= 4 is 17.5 Å². The van der Waals surface area contributed by atoms with E-state index in [4.69, 9.17) is 9.84 Å². The van der Waals surface area contributed by atoms with Crippen LogP contribution in [0.5, 0.6) is 5.88 Å². The summed E-state index contributed by atoms with van der Waals surface area (Å²) >= 11 is 0. The van der Waals surface area contributed by atoms with Gasteiger partial charge in [-0.3, -0.25) is 14.9 Å². The summed E-state index contributed by atoms with van der Waals surface area (Å²) in [6, 6.07) is 0. The molecule has 104 valence electrons. The van der Waals surface area contributed by atoms with Crippen LogP contribution in [-0.2, 0) is 4.79 Å². The molecule has 0 unspecified atom stereocenters. The van der Waals surface area contributed by atoms with Gasteiger partial charge in [-0.1, -0.05) is 0 Å². The maximum absolute atomic E-state index is 10.9. The van der Waals surface area contributed by atoms with Crippen LogP contribution in [-0.4, -0.2) is 39.6 Å². The summed E-state index contributed by atoms with van der Waals surface area (Å²) in [5.74, 6) is -0.921. The number of nitrogens with zero attached hydrogens (tertiary/aromatic N) is 3. The Bertz CT molecular complexity index is 465. The summed E-state index contributed by atoms with van der Waals surface area (Å²) in [5, 5.41) is 22.2. The lowest BCUT2D eigenvalue weighted by molar-refractivity contribution is -0.385. The molecule has 0 fully saturated rings. The normalized spacial score (nSPS) is 9.95. The van der Waals surface area contributed by atoms with E-state index in [9.17, 15) is 14.9 Å². The van der Waals surface area contributed by atoms with Crippen LogP contribution in [0.4, 0.5) is 11.5 Å². The molecular formula is C10H14N4O5. The molecule has 1 aromatic rings. The number of hydrogen-bond donors (Lipinski definition) is 2. The highest BCUT2D eigenvalue weighted by Gasteiger charge is 2.23. The van der Waals surface area contributed by atoms with E-state index in [1.807, 2.05) is 0 Å². The SMILES string of the molecule is COc1ncnc(NCCCCC(=O)O)c1[N+](=O)[O-]. The Morgan fingerprint density at radius 2 is 2.26 bits per heavy atom. The monoisotopic (exact) mass is 270 g/mol. The van der Waals surface area contributed by atoms with Gasteiger partial charge in [0.25, 0.3) is 5.88 Å². The molecule has 1 aromatic heterocycles. The number of methoxy groups -OCH3 is 1. The lowest BCUT2D eigenvalue weighted by Crippen LogP contribution is -2.08. The van der Waals surface area contributed by atoms with Crippen molar-refractivity contribution in [1.82, 2.24) is 9.97 Å². The third-order valence-corrected chi connectivity index (χ3v) is 2.27. The summed E-state index contributed by atoms with van der Waals surface area (Å²) in [7, 11) is 1.28. The topological polar surface area (TPSA) is 127 Å². The molecule has 2 N–H and O–H groups in total. The quantitative estimate of drug-likeness (QED) is 0.407. The fourth-order valence-corrected chi connectivity index (χ4v) is 1.41. The number of hydrogen-bond acceptors (Lipinski definition) is 7. The fourth-order valence-electron chi connectivity index (χ4n) is 1.41. The maximum Gasteiger partial charge on any atom is 0.372 e. The van der Waals surface area contributed by atoms with Gasteiger partial charge in [0.15, 0.2) is 0 Å². The summed E-state index contributed by atoms with van der Waals surface area (Å²) in [6.07, 6.45) is 2.27. The second-order valence-electron chi connectivity index (χ2n) is 3.61. The van der Waals surface area contributed by atoms with Crippen molar-refractivity contribution in [3.8, 4) is 5.88 Å². The lowest BCUT2D eigenvalue weighted by atomic mass is 10.2. The standard InChI is InChI=1S/C10H14N4O5/c1-19-10-8(14(17)18)9(12-6-13-10)11-5-3-2-4-7(15)16/h6H,2-5H2,1H3,(H,15,16)(H,11,12,13). The van der Waals surface area contributed by atoms with Crippen LogP contribution in [0.25, 0.3) is 0 Å². The summed E-state index contributed by atoms with van der Waals surface area (Å²) in [6.45, 7) is 0.383. The van der Waals surface area contributed by atoms with Crippen molar-refractivity contribution in [3.05, 3.63) is 16.4 Å². The zero-order chi connectivity index (χ0) is 14.3. The molecule has 0 aliphatic heterocycles. The van der Waals surface area contributed by atoms with Gasteiger partial charge in [-0.25, -0.2) is 4.98 Å². The Hall–Kier alpha value is -2.45. The van der Waals surface area contributed by atoms with Crippen LogP contribution in [0.3, 0.4) is 0 Å². The molecule has 9 nitrogen and oxygen atoms in total. The van der Waals surface area contributed by atoms with Crippen LogP contribution in [0.15, 0.2) is 6.33 Å². The minimum atomic E-state index is -0.866. The number of ether oxygens (including phenoxy) is 1. The Morgan fingerprint density at radius 1 is 1.53 bits per heavy atom. The number of unbranched alkanes of at least 4 members (excludes halogenated alkanes) is 1. The first-order chi connectivity index (χ1) is 9.06. The molecule has 9 heteroatoms. The zero-order valence-corrected chi connectivity index (χ0v) is 10.3. The highest BCUT2D eigenvalue weighted by Crippen LogP contribution is 2.30. The average Bonchev–Trinajstić information content (AvgIpc) is 2.37. The predicted molar refractivity (Wildman–Crippen MR) is 65.2 cm³/mol. The maximum atomic E-state index is 10.9. The van der Waals surface area contributed by atoms with Crippen molar-refractivity contribution < 1.29 is 19.6 Å². The summed E-state index contributed by atoms with van der Waals surface area (Å²) < 4.78 is 4.80. The smallest absolute Gasteiger partial charge is 0.372 e. The van der Waals surface area contributed by atoms with E-state index in [0.717, 1.165) is 6.33 Å². The number of aliphatic carboxylic acids is 1. The van der Waals surface area contributed by atoms with Crippen LogP contribution in [0, 0.1) is 10.1 Å². The molecule has 0 aromatic carbocycles. The number of carbonyl (C=O) groups is 1. The van der Waals surface area contributed by atoms with Gasteiger partial charge in [0.2, 0.25) is 5.82 Å². The van der Waals surface area contributed by atoms with Crippen LogP contribution in [0.2, 0.25) is 0 Å². The number of nitro groups is 1. The van der Waals surface area contributed by atoms with Gasteiger partial charge in [0, 0.05) is 13.0 Å². The fraction of sp³-hybridized carbons (Fsp3) is 0.500. The largest absolute Gasteiger partial charge is 0.481 e. The molecular weight excluding hydrogens is 256 g/mol. The molecule has 1 heterocycles. The molecule has 0 bridgehead atoms. The zero-order valence-electron chi connectivity index (χ0n) is 10.3. The van der Waals surface area contributed by atoms with Crippen LogP contribution < -0.4 is 10.1 Å². The third kappa shape index (κ3) is 4.37. The van der Waals surface area contributed by atoms with Crippen molar-refractivity contribution in [2.24, 2.45) is 0 Å². The Labute approximate surface area is 108 Å². The van der Waals surface area contributed by atoms with E-state index in [-0.39, 0.29) is 23.8 Å². The lowest BCUT2D eigenvalue weighted by Gasteiger charge is -2.07. The highest BCUT2D eigenvalue weighted by molar-refractivity contribution is 5.66. The molecule has 19 heavy (non-hydrogen) atoms. The first-order valence-corrected chi connectivity index (χ1v) is 5.55. The molecule has 0 amide bonds. The van der Waals surface area contributed by atoms with Crippen LogP contribution in [0.1, 0.15) is 19.3 Å². The first-order valence-electron chi connectivity index (χ1n) is 5.55. The minimum Gasteiger partial charge on any atom is -0.481 e. The third-order valence-electron chi connectivity index (χ3n) is 2.27. The van der Waals surface area contributed by atoms with E-state index in [1.165, 1.54) is 7.11 Å². The van der Waals surface area contributed by atoms with Crippen molar-refractivity contribution in [1.29, 1.82) is 0 Å². The molecule has 0 spiro atoms. The summed E-state index contributed by atoms with van der Waals surface area (Å²) in [4.78, 5) is 28.0. The molecule has 0 aliphatic carbocycles. The molecule has 0 atom stereocenters. The van der Waals surface area contributed by atoms with E-state index in [0.29, 0.717) is 19.4 Å². The number of nitrogens with one attached hydrogen (secondary N) is 1. The van der Waals surface area contributed by atoms with Gasteiger partial charge in [-0.15, -0.1) is 0 Å². The van der Waals surface area contributed by atoms with E-state index in [2.05, 4.69) is 15.3 Å².